The summed E-state index contributed by atoms with van der Waals surface area (Å²) < 4.78 is 0. The highest BCUT2D eigenvalue weighted by Crippen LogP contribution is 2.18. The average Bonchev–Trinajstić information content (AvgIpc) is 2.29. The maximum Gasteiger partial charge on any atom is 0.191 e. The van der Waals surface area contributed by atoms with Gasteiger partial charge in [0.05, 0.1) is 0 Å². The highest BCUT2D eigenvalue weighted by molar-refractivity contribution is 7.98. The summed E-state index contributed by atoms with van der Waals surface area (Å²) >= 11 is 1.51. The molecule has 1 atom stereocenters. The summed E-state index contributed by atoms with van der Waals surface area (Å²) in [7, 11) is 0. The molecule has 0 fully saturated rings. The van der Waals surface area contributed by atoms with Crippen LogP contribution in [0.5, 0.6) is 0 Å². The average molecular weight is 256 g/mol. The summed E-state index contributed by atoms with van der Waals surface area (Å²) in [5.41, 5.74) is 0. The largest absolute Gasteiger partial charge is 0.396 e. The van der Waals surface area contributed by atoms with E-state index in [1.807, 2.05) is 26.2 Å². The maximum absolute atomic E-state index is 8.87. The Labute approximate surface area is 106 Å². The number of aliphatic hydroxyl groups is 1. The smallest absolute Gasteiger partial charge is 0.191 e. The second kappa shape index (κ2) is 7.34. The number of hydrogen-bond acceptors (Lipinski definition) is 6. The number of thioether (sulfide) groups is 1. The number of aromatic nitrogens is 2. The molecule has 3 N–H and O–H groups in total. The Bertz CT molecular complexity index is 348. The van der Waals surface area contributed by atoms with E-state index in [1.165, 1.54) is 11.8 Å². The molecular weight excluding hydrogens is 236 g/mol. The van der Waals surface area contributed by atoms with Crippen LogP contribution in [0.15, 0.2) is 11.2 Å². The molecule has 5 nitrogen and oxygen atoms in total. The molecule has 0 aliphatic carbocycles. The van der Waals surface area contributed by atoms with Crippen LogP contribution in [0.1, 0.15) is 20.3 Å². The van der Waals surface area contributed by atoms with Crippen LogP contribution >= 0.6 is 11.8 Å². The van der Waals surface area contributed by atoms with E-state index >= 15 is 0 Å². The molecular formula is C11H20N4OS. The molecule has 1 heterocycles. The van der Waals surface area contributed by atoms with E-state index in [9.17, 15) is 0 Å². The number of rotatable bonds is 7. The van der Waals surface area contributed by atoms with Gasteiger partial charge in [0.25, 0.3) is 0 Å². The molecule has 0 saturated carbocycles. The van der Waals surface area contributed by atoms with E-state index in [2.05, 4.69) is 20.6 Å². The number of anilines is 2. The van der Waals surface area contributed by atoms with Gasteiger partial charge in [-0.1, -0.05) is 11.8 Å². The Balaban J connectivity index is 2.79. The van der Waals surface area contributed by atoms with Crippen LogP contribution in [0, 0.1) is 0 Å². The van der Waals surface area contributed by atoms with Gasteiger partial charge < -0.3 is 15.7 Å². The van der Waals surface area contributed by atoms with Gasteiger partial charge in [0.1, 0.15) is 11.6 Å². The zero-order valence-electron chi connectivity index (χ0n) is 10.5. The predicted molar refractivity (Wildman–Crippen MR) is 72.8 cm³/mol. The second-order valence-corrected chi connectivity index (χ2v) is 4.49. The monoisotopic (exact) mass is 256 g/mol. The predicted octanol–water partition coefficient (Wildman–Crippen LogP) is 1.81. The minimum Gasteiger partial charge on any atom is -0.396 e. The summed E-state index contributed by atoms with van der Waals surface area (Å²) in [5.74, 6) is 1.62. The van der Waals surface area contributed by atoms with Gasteiger partial charge >= 0.3 is 0 Å². The highest BCUT2D eigenvalue weighted by Gasteiger charge is 2.06. The highest BCUT2D eigenvalue weighted by atomic mass is 32.2. The molecule has 0 aliphatic heterocycles. The van der Waals surface area contributed by atoms with Crippen molar-refractivity contribution in [1.82, 2.24) is 9.97 Å². The maximum atomic E-state index is 8.87. The number of hydrogen-bond donors (Lipinski definition) is 3. The Hall–Kier alpha value is -1.01. The van der Waals surface area contributed by atoms with E-state index < -0.39 is 0 Å². The SMILES string of the molecule is CCNc1cc(NC(C)CCO)nc(SC)n1. The van der Waals surface area contributed by atoms with Gasteiger partial charge in [-0.2, -0.15) is 0 Å². The summed E-state index contributed by atoms with van der Waals surface area (Å²) in [6.45, 7) is 5.05. The fourth-order valence-electron chi connectivity index (χ4n) is 1.38. The van der Waals surface area contributed by atoms with Gasteiger partial charge in [-0.15, -0.1) is 0 Å². The molecule has 0 spiro atoms. The van der Waals surface area contributed by atoms with Crippen molar-refractivity contribution >= 4 is 23.4 Å². The molecule has 0 radical (unpaired) electrons. The summed E-state index contributed by atoms with van der Waals surface area (Å²) in [6.07, 6.45) is 2.65. The van der Waals surface area contributed by atoms with Crippen LogP contribution in [-0.4, -0.2) is 40.5 Å². The lowest BCUT2D eigenvalue weighted by Crippen LogP contribution is -2.18. The second-order valence-electron chi connectivity index (χ2n) is 3.71. The number of aliphatic hydroxyl groups excluding tert-OH is 1. The molecule has 0 aliphatic rings. The minimum absolute atomic E-state index is 0.175. The van der Waals surface area contributed by atoms with Crippen molar-refractivity contribution in [2.24, 2.45) is 0 Å². The van der Waals surface area contributed by atoms with E-state index in [0.717, 1.165) is 23.3 Å². The molecule has 0 saturated heterocycles. The van der Waals surface area contributed by atoms with Gasteiger partial charge in [0, 0.05) is 25.3 Å². The van der Waals surface area contributed by atoms with E-state index in [-0.39, 0.29) is 12.6 Å². The lowest BCUT2D eigenvalue weighted by molar-refractivity contribution is 0.282. The molecule has 1 rings (SSSR count). The van der Waals surface area contributed by atoms with Gasteiger partial charge in [0.15, 0.2) is 5.16 Å². The molecule has 17 heavy (non-hydrogen) atoms. The standard InChI is InChI=1S/C11H20N4OS/c1-4-12-9-7-10(13-8(2)5-6-16)15-11(14-9)17-3/h7-8,16H,4-6H2,1-3H3,(H2,12,13,14,15). The molecule has 1 unspecified atom stereocenters. The Morgan fingerprint density at radius 1 is 1.41 bits per heavy atom. The Morgan fingerprint density at radius 3 is 2.71 bits per heavy atom. The molecule has 1 aromatic heterocycles. The van der Waals surface area contributed by atoms with Gasteiger partial charge in [-0.05, 0) is 26.5 Å². The van der Waals surface area contributed by atoms with Gasteiger partial charge in [-0.25, -0.2) is 9.97 Å². The molecule has 0 bridgehead atoms. The normalized spacial score (nSPS) is 12.2. The van der Waals surface area contributed by atoms with Crippen molar-refractivity contribution in [3.05, 3.63) is 6.07 Å². The third-order valence-corrected chi connectivity index (χ3v) is 2.75. The van der Waals surface area contributed by atoms with Crippen molar-refractivity contribution < 1.29 is 5.11 Å². The first-order valence-corrected chi connectivity index (χ1v) is 6.96. The molecule has 1 aromatic rings. The zero-order valence-corrected chi connectivity index (χ0v) is 11.3. The van der Waals surface area contributed by atoms with Gasteiger partial charge in [-0.3, -0.25) is 0 Å². The fraction of sp³-hybridized carbons (Fsp3) is 0.636. The number of nitrogens with one attached hydrogen (secondary N) is 2. The first kappa shape index (κ1) is 14.1. The summed E-state index contributed by atoms with van der Waals surface area (Å²) in [4.78, 5) is 8.72. The molecule has 0 aromatic carbocycles. The van der Waals surface area contributed by atoms with Crippen LogP contribution in [0.4, 0.5) is 11.6 Å². The Kier molecular flexibility index (Phi) is 6.07. The van der Waals surface area contributed by atoms with Crippen LogP contribution in [-0.2, 0) is 0 Å². The molecule has 6 heteroatoms. The topological polar surface area (TPSA) is 70.1 Å². The van der Waals surface area contributed by atoms with E-state index in [4.69, 9.17) is 5.11 Å². The third kappa shape index (κ3) is 4.79. The van der Waals surface area contributed by atoms with E-state index in [1.54, 1.807) is 0 Å². The van der Waals surface area contributed by atoms with Crippen LogP contribution in [0.25, 0.3) is 0 Å². The first-order valence-electron chi connectivity index (χ1n) is 5.74. The first-order chi connectivity index (χ1) is 8.19. The third-order valence-electron chi connectivity index (χ3n) is 2.20. The lowest BCUT2D eigenvalue weighted by Gasteiger charge is -2.14. The van der Waals surface area contributed by atoms with Crippen LogP contribution < -0.4 is 10.6 Å². The summed E-state index contributed by atoms with van der Waals surface area (Å²) in [5, 5.41) is 16.0. The van der Waals surface area contributed by atoms with Crippen LogP contribution in [0.2, 0.25) is 0 Å². The van der Waals surface area contributed by atoms with Crippen LogP contribution in [0.3, 0.4) is 0 Å². The Morgan fingerprint density at radius 2 is 2.12 bits per heavy atom. The van der Waals surface area contributed by atoms with Crippen molar-refractivity contribution in [2.45, 2.75) is 31.5 Å². The van der Waals surface area contributed by atoms with Crippen molar-refractivity contribution in [1.29, 1.82) is 0 Å². The van der Waals surface area contributed by atoms with Crippen molar-refractivity contribution in [3.63, 3.8) is 0 Å². The summed E-state index contributed by atoms with van der Waals surface area (Å²) in [6, 6.07) is 2.08. The van der Waals surface area contributed by atoms with Crippen molar-refractivity contribution in [2.75, 3.05) is 30.0 Å². The minimum atomic E-state index is 0.175. The fourth-order valence-corrected chi connectivity index (χ4v) is 1.76. The zero-order chi connectivity index (χ0) is 12.7. The van der Waals surface area contributed by atoms with E-state index in [0.29, 0.717) is 6.42 Å². The molecule has 0 amide bonds. The van der Waals surface area contributed by atoms with Gasteiger partial charge in [0.2, 0.25) is 0 Å². The quantitative estimate of drug-likeness (QED) is 0.510. The van der Waals surface area contributed by atoms with Crippen molar-refractivity contribution in [3.8, 4) is 0 Å². The molecule has 96 valence electrons. The number of nitrogens with zero attached hydrogens (tertiary/aromatic N) is 2. The lowest BCUT2D eigenvalue weighted by atomic mass is 10.2.